The van der Waals surface area contributed by atoms with Gasteiger partial charge in [-0.3, -0.25) is 14.4 Å². The lowest BCUT2D eigenvalue weighted by Gasteiger charge is -2.18. The van der Waals surface area contributed by atoms with Crippen molar-refractivity contribution >= 4 is 17.9 Å². The maximum atomic E-state index is 13.0. The number of carbonyl (C=O) groups is 3. The molecule has 0 N–H and O–H groups in total. The Hall–Kier alpha value is -3.41. The summed E-state index contributed by atoms with van der Waals surface area (Å²) in [6.45, 7) is 6.54. The molecule has 0 spiro atoms. The molecule has 0 heterocycles. The Kier molecular flexibility index (Phi) is 67.2. The van der Waals surface area contributed by atoms with Gasteiger partial charge >= 0.3 is 17.9 Å². The Morgan fingerprint density at radius 2 is 0.476 bits per heavy atom. The summed E-state index contributed by atoms with van der Waals surface area (Å²) in [7, 11) is 0. The third-order valence-corrected chi connectivity index (χ3v) is 15.7. The van der Waals surface area contributed by atoms with E-state index in [1.54, 1.807) is 0 Å². The Morgan fingerprint density at radius 1 is 0.256 bits per heavy atom. The first-order valence-corrected chi connectivity index (χ1v) is 35.6. The highest BCUT2D eigenvalue weighted by atomic mass is 16.6. The first kappa shape index (κ1) is 78.6. The fourth-order valence-electron chi connectivity index (χ4n) is 10.4. The summed E-state index contributed by atoms with van der Waals surface area (Å²) in [6.07, 6.45) is 93.3. The molecule has 0 rings (SSSR count). The van der Waals surface area contributed by atoms with E-state index < -0.39 is 6.10 Å². The molecule has 6 heteroatoms. The second-order valence-electron chi connectivity index (χ2n) is 23.8. The van der Waals surface area contributed by atoms with E-state index in [1.807, 2.05) is 0 Å². The molecule has 0 aliphatic carbocycles. The van der Waals surface area contributed by atoms with Gasteiger partial charge in [-0.05, 0) is 70.6 Å². The minimum absolute atomic E-state index is 0.0896. The number of ether oxygens (including phenoxy) is 3. The van der Waals surface area contributed by atoms with Crippen LogP contribution in [0.25, 0.3) is 0 Å². The molecule has 0 bridgehead atoms. The number of hydrogen-bond donors (Lipinski definition) is 0. The topological polar surface area (TPSA) is 78.9 Å². The number of unbranched alkanes of at least 4 members (excludes halogenated alkanes) is 40. The van der Waals surface area contributed by atoms with Crippen molar-refractivity contribution in [3.8, 4) is 0 Å². The zero-order valence-electron chi connectivity index (χ0n) is 54.5. The predicted molar refractivity (Wildman–Crippen MR) is 358 cm³/mol. The quantitative estimate of drug-likeness (QED) is 0.0261. The predicted octanol–water partition coefficient (Wildman–Crippen LogP) is 24.6. The monoisotopic (exact) mass is 1140 g/mol. The average Bonchev–Trinajstić information content (AvgIpc) is 3.47. The summed E-state index contributed by atoms with van der Waals surface area (Å²) in [6, 6.07) is 0. The van der Waals surface area contributed by atoms with Gasteiger partial charge in [0, 0.05) is 19.3 Å². The van der Waals surface area contributed by atoms with Crippen LogP contribution < -0.4 is 0 Å². The first-order valence-electron chi connectivity index (χ1n) is 35.6. The van der Waals surface area contributed by atoms with Crippen LogP contribution in [0.1, 0.15) is 361 Å². The van der Waals surface area contributed by atoms with E-state index in [0.717, 1.165) is 89.9 Å². The van der Waals surface area contributed by atoms with Crippen LogP contribution in [0.5, 0.6) is 0 Å². The second-order valence-corrected chi connectivity index (χ2v) is 23.8. The molecule has 0 aromatic rings. The van der Waals surface area contributed by atoms with Crippen molar-refractivity contribution in [1.82, 2.24) is 0 Å². The Labute approximate surface area is 509 Å². The van der Waals surface area contributed by atoms with Gasteiger partial charge in [0.2, 0.25) is 0 Å². The summed E-state index contributed by atoms with van der Waals surface area (Å²) < 4.78 is 17.0. The van der Waals surface area contributed by atoms with Gasteiger partial charge in [0.25, 0.3) is 0 Å². The summed E-state index contributed by atoms with van der Waals surface area (Å²) in [5, 5.41) is 0. The molecule has 1 unspecified atom stereocenters. The van der Waals surface area contributed by atoms with E-state index in [1.165, 1.54) is 225 Å². The van der Waals surface area contributed by atoms with Gasteiger partial charge in [0.1, 0.15) is 13.2 Å². The molecule has 0 fully saturated rings. The lowest BCUT2D eigenvalue weighted by atomic mass is 10.0. The SMILES string of the molecule is CC/C=C\C/C=C\C/C=C\C/C=C\C/C=C\C/C=C\C/C=C\CCCC(=O)OCC(COC(=O)CCCCCCCCCCCCCCCCCCCC)OC(=O)CCCCCCCCCCCCCCCCCCCCCCCCC. The maximum Gasteiger partial charge on any atom is 0.306 e. The normalized spacial score (nSPS) is 12.6. The van der Waals surface area contributed by atoms with E-state index in [0.29, 0.717) is 19.3 Å². The summed E-state index contributed by atoms with van der Waals surface area (Å²) >= 11 is 0. The highest BCUT2D eigenvalue weighted by molar-refractivity contribution is 5.71. The third-order valence-electron chi connectivity index (χ3n) is 15.7. The molecule has 82 heavy (non-hydrogen) atoms. The zero-order chi connectivity index (χ0) is 59.2. The van der Waals surface area contributed by atoms with Gasteiger partial charge < -0.3 is 14.2 Å². The number of esters is 3. The zero-order valence-corrected chi connectivity index (χ0v) is 54.5. The molecule has 0 radical (unpaired) electrons. The lowest BCUT2D eigenvalue weighted by molar-refractivity contribution is -0.167. The van der Waals surface area contributed by atoms with Crippen molar-refractivity contribution in [3.63, 3.8) is 0 Å². The molecule has 0 amide bonds. The van der Waals surface area contributed by atoms with Crippen molar-refractivity contribution in [2.75, 3.05) is 13.2 Å². The molecular formula is C76H134O6. The van der Waals surface area contributed by atoms with Crippen molar-refractivity contribution in [3.05, 3.63) is 85.1 Å². The number of rotatable bonds is 65. The molecule has 0 aliphatic rings. The van der Waals surface area contributed by atoms with Crippen LogP contribution in [0.4, 0.5) is 0 Å². The average molecular weight is 1140 g/mol. The van der Waals surface area contributed by atoms with Gasteiger partial charge in [0.05, 0.1) is 0 Å². The maximum absolute atomic E-state index is 13.0. The van der Waals surface area contributed by atoms with Gasteiger partial charge in [-0.2, -0.15) is 0 Å². The van der Waals surface area contributed by atoms with E-state index in [4.69, 9.17) is 14.2 Å². The Bertz CT molecular complexity index is 1550. The smallest absolute Gasteiger partial charge is 0.306 e. The van der Waals surface area contributed by atoms with Gasteiger partial charge in [0.15, 0.2) is 6.10 Å². The number of allylic oxidation sites excluding steroid dienone is 14. The number of carbonyl (C=O) groups excluding carboxylic acids is 3. The van der Waals surface area contributed by atoms with E-state index >= 15 is 0 Å². The highest BCUT2D eigenvalue weighted by Crippen LogP contribution is 2.18. The van der Waals surface area contributed by atoms with Crippen LogP contribution >= 0.6 is 0 Å². The summed E-state index contributed by atoms with van der Waals surface area (Å²) in [5.74, 6) is -0.929. The van der Waals surface area contributed by atoms with E-state index in [9.17, 15) is 14.4 Å². The molecular weight excluding hydrogens is 1010 g/mol. The molecule has 0 saturated carbocycles. The van der Waals surface area contributed by atoms with Crippen LogP contribution in [-0.4, -0.2) is 37.2 Å². The van der Waals surface area contributed by atoms with Crippen molar-refractivity contribution in [1.29, 1.82) is 0 Å². The fraction of sp³-hybridized carbons (Fsp3) is 0.776. The second kappa shape index (κ2) is 70.1. The van der Waals surface area contributed by atoms with Crippen LogP contribution in [0.15, 0.2) is 85.1 Å². The highest BCUT2D eigenvalue weighted by Gasteiger charge is 2.19. The molecule has 6 nitrogen and oxygen atoms in total. The summed E-state index contributed by atoms with van der Waals surface area (Å²) in [5.41, 5.74) is 0. The van der Waals surface area contributed by atoms with Crippen LogP contribution in [0.3, 0.4) is 0 Å². The van der Waals surface area contributed by atoms with E-state index in [-0.39, 0.29) is 37.5 Å². The van der Waals surface area contributed by atoms with Crippen LogP contribution in [-0.2, 0) is 28.6 Å². The fourth-order valence-corrected chi connectivity index (χ4v) is 10.4. The Morgan fingerprint density at radius 3 is 0.744 bits per heavy atom. The lowest BCUT2D eigenvalue weighted by Crippen LogP contribution is -2.30. The molecule has 474 valence electrons. The van der Waals surface area contributed by atoms with E-state index in [2.05, 4.69) is 106 Å². The first-order chi connectivity index (χ1) is 40.5. The van der Waals surface area contributed by atoms with Crippen molar-refractivity contribution in [2.24, 2.45) is 0 Å². The minimum Gasteiger partial charge on any atom is -0.462 e. The standard InChI is InChI=1S/C76H134O6/c1-4-7-10-13-16-19-22-25-28-31-34-36-38-40-42-45-48-51-54-57-60-63-66-69-75(78)81-72-73(71-80-74(77)68-65-62-59-56-53-50-47-44-33-30-27-24-21-18-15-12-9-6-3)82-76(79)70-67-64-61-58-55-52-49-46-43-41-39-37-35-32-29-26-23-20-17-14-11-8-5-2/h7,10,16,19,25,28,34,36,40,42,48,51,57,60,73H,4-6,8-9,11-15,17-18,20-24,26-27,29-33,35,37-39,41,43-47,49-50,52-56,58-59,61-72H2,1-3H3/b10-7-,19-16-,28-25-,36-34-,42-40-,51-48-,60-57-. The summed E-state index contributed by atoms with van der Waals surface area (Å²) in [4.78, 5) is 38.5. The van der Waals surface area contributed by atoms with Crippen molar-refractivity contribution in [2.45, 2.75) is 367 Å². The molecule has 1 atom stereocenters. The molecule has 0 aromatic heterocycles. The van der Waals surface area contributed by atoms with Gasteiger partial charge in [-0.15, -0.1) is 0 Å². The Balaban J connectivity index is 4.42. The van der Waals surface area contributed by atoms with Crippen LogP contribution in [0, 0.1) is 0 Å². The van der Waals surface area contributed by atoms with Gasteiger partial charge in [-0.25, -0.2) is 0 Å². The third kappa shape index (κ3) is 67.4. The molecule has 0 saturated heterocycles. The minimum atomic E-state index is -0.799. The molecule has 0 aromatic carbocycles. The molecule has 0 aliphatic heterocycles. The van der Waals surface area contributed by atoms with Crippen LogP contribution in [0.2, 0.25) is 0 Å². The van der Waals surface area contributed by atoms with Crippen molar-refractivity contribution < 1.29 is 28.6 Å². The van der Waals surface area contributed by atoms with Gasteiger partial charge in [-0.1, -0.05) is 356 Å². The number of hydrogen-bond acceptors (Lipinski definition) is 6. The largest absolute Gasteiger partial charge is 0.462 e.